The van der Waals surface area contributed by atoms with E-state index in [1.807, 2.05) is 12.1 Å². The lowest BCUT2D eigenvalue weighted by atomic mass is 10.2. The Kier molecular flexibility index (Phi) is 6.35. The van der Waals surface area contributed by atoms with E-state index in [4.69, 9.17) is 9.84 Å². The molecule has 0 saturated heterocycles. The molecule has 0 aliphatic rings. The molecule has 10 heteroatoms. The first-order valence-corrected chi connectivity index (χ1v) is 9.85. The molecule has 0 spiro atoms. The number of carboxylic acids is 1. The number of halogens is 3. The Labute approximate surface area is 174 Å². The van der Waals surface area contributed by atoms with E-state index in [9.17, 15) is 18.0 Å². The van der Waals surface area contributed by atoms with Crippen molar-refractivity contribution in [1.82, 2.24) is 15.0 Å². The van der Waals surface area contributed by atoms with Crippen molar-refractivity contribution in [2.75, 3.05) is 0 Å². The number of thioether (sulfide) groups is 1. The topological polar surface area (TPSA) is 77.2 Å². The first-order chi connectivity index (χ1) is 14.1. The van der Waals surface area contributed by atoms with E-state index in [2.05, 4.69) is 10.2 Å². The van der Waals surface area contributed by atoms with Gasteiger partial charge in [0.1, 0.15) is 5.75 Å². The molecule has 0 amide bonds. The molecule has 0 saturated carbocycles. The van der Waals surface area contributed by atoms with Gasteiger partial charge in [-0.25, -0.2) is 4.79 Å². The normalized spacial score (nSPS) is 12.6. The molecule has 0 aliphatic carbocycles. The van der Waals surface area contributed by atoms with E-state index in [1.54, 1.807) is 19.1 Å². The highest BCUT2D eigenvalue weighted by Gasteiger charge is 2.30. The Balaban J connectivity index is 1.64. The van der Waals surface area contributed by atoms with Crippen LogP contribution in [0.2, 0.25) is 0 Å². The number of benzene rings is 2. The van der Waals surface area contributed by atoms with Crippen LogP contribution in [0.3, 0.4) is 0 Å². The summed E-state index contributed by atoms with van der Waals surface area (Å²) >= 11 is 1.50. The fourth-order valence-corrected chi connectivity index (χ4v) is 3.36. The lowest BCUT2D eigenvalue weighted by Gasteiger charge is -2.10. The van der Waals surface area contributed by atoms with Crippen LogP contribution in [0, 0.1) is 6.92 Å². The zero-order chi connectivity index (χ0) is 21.9. The minimum absolute atomic E-state index is 0.441. The van der Waals surface area contributed by atoms with E-state index >= 15 is 0 Å². The molecule has 3 aromatic rings. The van der Waals surface area contributed by atoms with Gasteiger partial charge in [0.05, 0.1) is 22.6 Å². The number of rotatable bonds is 7. The van der Waals surface area contributed by atoms with Crippen molar-refractivity contribution in [2.45, 2.75) is 36.8 Å². The molecule has 1 unspecified atom stereocenters. The van der Waals surface area contributed by atoms with Crippen molar-refractivity contribution in [3.63, 3.8) is 0 Å². The Bertz CT molecular complexity index is 1020. The van der Waals surface area contributed by atoms with Crippen LogP contribution in [0.15, 0.2) is 53.4 Å². The summed E-state index contributed by atoms with van der Waals surface area (Å²) in [6, 6.07) is 11.6. The number of aryl methyl sites for hydroxylation is 1. The van der Waals surface area contributed by atoms with Gasteiger partial charge in [-0.2, -0.15) is 28.2 Å². The lowest BCUT2D eigenvalue weighted by molar-refractivity contribution is -0.144. The fraction of sp³-hybridized carbons (Fsp3) is 0.250. The number of hydrogen-bond acceptors (Lipinski definition) is 5. The van der Waals surface area contributed by atoms with Crippen LogP contribution in [0.5, 0.6) is 5.75 Å². The molecular weight excluding hydrogens is 419 g/mol. The highest BCUT2D eigenvalue weighted by molar-refractivity contribution is 7.98. The summed E-state index contributed by atoms with van der Waals surface area (Å²) in [4.78, 5) is 13.1. The molecule has 1 heterocycles. The van der Waals surface area contributed by atoms with Crippen LogP contribution in [-0.2, 0) is 16.7 Å². The monoisotopic (exact) mass is 437 g/mol. The lowest BCUT2D eigenvalue weighted by Crippen LogP contribution is -2.22. The quantitative estimate of drug-likeness (QED) is 0.538. The smallest absolute Gasteiger partial charge is 0.416 e. The van der Waals surface area contributed by atoms with E-state index in [0.717, 1.165) is 17.0 Å². The maximum Gasteiger partial charge on any atom is 0.416 e. The molecule has 0 aliphatic heterocycles. The molecule has 0 radical (unpaired) electrons. The number of carbonyl (C=O) groups is 1. The number of alkyl halides is 3. The number of hydrogen-bond donors (Lipinski definition) is 1. The minimum atomic E-state index is -4.39. The summed E-state index contributed by atoms with van der Waals surface area (Å²) in [7, 11) is 0. The van der Waals surface area contributed by atoms with Gasteiger partial charge in [-0.15, -0.1) is 11.8 Å². The van der Waals surface area contributed by atoms with Crippen molar-refractivity contribution < 1.29 is 27.8 Å². The van der Waals surface area contributed by atoms with Gasteiger partial charge < -0.3 is 9.84 Å². The number of carboxylic acid groups (broad SMARTS) is 1. The standard InChI is InChI=1S/C20H18F3N3O3S/c1-12-18(11-30-17-9-7-16(8-10-17)29-13(2)19(27)28)25-26(24-12)15-5-3-14(4-6-15)20(21,22)23/h3-10,13H,11H2,1-2H3,(H,27,28). The van der Waals surface area contributed by atoms with Crippen LogP contribution in [-0.4, -0.2) is 32.2 Å². The van der Waals surface area contributed by atoms with E-state index in [1.165, 1.54) is 35.6 Å². The molecule has 1 atom stereocenters. The average Bonchev–Trinajstić information content (AvgIpc) is 3.07. The number of nitrogens with zero attached hydrogens (tertiary/aromatic N) is 3. The molecule has 2 aromatic carbocycles. The van der Waals surface area contributed by atoms with Gasteiger partial charge in [0.25, 0.3) is 0 Å². The molecule has 158 valence electrons. The number of aromatic nitrogens is 3. The predicted molar refractivity (Wildman–Crippen MR) is 105 cm³/mol. The molecule has 1 aromatic heterocycles. The van der Waals surface area contributed by atoms with Gasteiger partial charge in [0.15, 0.2) is 6.10 Å². The molecule has 30 heavy (non-hydrogen) atoms. The molecule has 1 N–H and O–H groups in total. The van der Waals surface area contributed by atoms with Crippen LogP contribution >= 0.6 is 11.8 Å². The van der Waals surface area contributed by atoms with Crippen molar-refractivity contribution >= 4 is 17.7 Å². The second-order valence-corrected chi connectivity index (χ2v) is 7.47. The van der Waals surface area contributed by atoms with Crippen LogP contribution in [0.4, 0.5) is 13.2 Å². The predicted octanol–water partition coefficient (Wildman–Crippen LogP) is 4.74. The molecular formula is C20H18F3N3O3S. The van der Waals surface area contributed by atoms with Gasteiger partial charge in [0, 0.05) is 10.6 Å². The Morgan fingerprint density at radius 1 is 1.13 bits per heavy atom. The van der Waals surface area contributed by atoms with Gasteiger partial charge in [0.2, 0.25) is 0 Å². The highest BCUT2D eigenvalue weighted by atomic mass is 32.2. The first kappa shape index (κ1) is 21.7. The van der Waals surface area contributed by atoms with E-state index < -0.39 is 23.8 Å². The maximum atomic E-state index is 12.7. The van der Waals surface area contributed by atoms with Crippen LogP contribution in [0.1, 0.15) is 23.9 Å². The second-order valence-electron chi connectivity index (χ2n) is 6.42. The summed E-state index contributed by atoms with van der Waals surface area (Å²) in [5, 5.41) is 17.5. The van der Waals surface area contributed by atoms with Crippen LogP contribution in [0.25, 0.3) is 5.69 Å². The van der Waals surface area contributed by atoms with Crippen molar-refractivity contribution in [2.24, 2.45) is 0 Å². The molecule has 6 nitrogen and oxygen atoms in total. The summed E-state index contributed by atoms with van der Waals surface area (Å²) in [6.45, 7) is 3.24. The second kappa shape index (κ2) is 8.78. The first-order valence-electron chi connectivity index (χ1n) is 8.86. The summed E-state index contributed by atoms with van der Waals surface area (Å²) < 4.78 is 43.4. The zero-order valence-electron chi connectivity index (χ0n) is 16.1. The SMILES string of the molecule is Cc1nn(-c2ccc(C(F)(F)F)cc2)nc1CSc1ccc(OC(C)C(=O)O)cc1. The largest absolute Gasteiger partial charge is 0.479 e. The van der Waals surface area contributed by atoms with Gasteiger partial charge >= 0.3 is 12.1 Å². The van der Waals surface area contributed by atoms with Crippen LogP contribution < -0.4 is 4.74 Å². The van der Waals surface area contributed by atoms with E-state index in [0.29, 0.717) is 28.6 Å². The van der Waals surface area contributed by atoms with Gasteiger partial charge in [-0.3, -0.25) is 0 Å². The fourth-order valence-electron chi connectivity index (χ4n) is 2.46. The van der Waals surface area contributed by atoms with Crippen molar-refractivity contribution in [3.05, 3.63) is 65.5 Å². The average molecular weight is 437 g/mol. The Morgan fingerprint density at radius 2 is 1.77 bits per heavy atom. The van der Waals surface area contributed by atoms with Crippen molar-refractivity contribution in [3.8, 4) is 11.4 Å². The summed E-state index contributed by atoms with van der Waals surface area (Å²) in [6.07, 6.45) is -5.33. The zero-order valence-corrected chi connectivity index (χ0v) is 16.9. The van der Waals surface area contributed by atoms with E-state index in [-0.39, 0.29) is 0 Å². The maximum absolute atomic E-state index is 12.7. The Morgan fingerprint density at radius 3 is 2.33 bits per heavy atom. The van der Waals surface area contributed by atoms with Crippen molar-refractivity contribution in [1.29, 1.82) is 0 Å². The third-order valence-corrected chi connectivity index (χ3v) is 5.19. The third-order valence-electron chi connectivity index (χ3n) is 4.16. The molecule has 0 fully saturated rings. The Hall–Kier alpha value is -3.01. The summed E-state index contributed by atoms with van der Waals surface area (Å²) in [5.41, 5.74) is 1.10. The number of aliphatic carboxylic acids is 1. The third kappa shape index (κ3) is 5.32. The summed E-state index contributed by atoms with van der Waals surface area (Å²) in [5.74, 6) is -0.0724. The number of ether oxygens (including phenoxy) is 1. The van der Waals surface area contributed by atoms with Gasteiger partial charge in [-0.1, -0.05) is 0 Å². The highest BCUT2D eigenvalue weighted by Crippen LogP contribution is 2.30. The van der Waals surface area contributed by atoms with Gasteiger partial charge in [-0.05, 0) is 62.4 Å². The molecule has 3 rings (SSSR count). The minimum Gasteiger partial charge on any atom is -0.479 e. The molecule has 0 bridgehead atoms.